The molecule has 0 saturated carbocycles. The summed E-state index contributed by atoms with van der Waals surface area (Å²) in [6.45, 7) is 5.41. The predicted molar refractivity (Wildman–Crippen MR) is 78.4 cm³/mol. The molecule has 6 heteroatoms. The Balaban J connectivity index is 2.92. The van der Waals surface area contributed by atoms with Gasteiger partial charge >= 0.3 is 0 Å². The Bertz CT molecular complexity index is 552. The first-order chi connectivity index (χ1) is 9.65. The quantitative estimate of drug-likeness (QED) is 0.605. The lowest BCUT2D eigenvalue weighted by atomic mass is 10.1. The van der Waals surface area contributed by atoms with Gasteiger partial charge in [-0.25, -0.2) is 0 Å². The third kappa shape index (κ3) is 3.98. The number of hydrazone groups is 1. The van der Waals surface area contributed by atoms with Crippen molar-refractivity contribution in [3.05, 3.63) is 23.8 Å². The van der Waals surface area contributed by atoms with Crippen LogP contribution in [-0.2, 0) is 0 Å². The van der Waals surface area contributed by atoms with E-state index in [0.29, 0.717) is 6.54 Å². The molecule has 2 N–H and O–H groups in total. The Labute approximate surface area is 118 Å². The number of aliphatic hydroxyl groups is 1. The van der Waals surface area contributed by atoms with E-state index in [1.54, 1.807) is 12.1 Å². The van der Waals surface area contributed by atoms with Crippen LogP contribution in [0.25, 0.3) is 0 Å². The van der Waals surface area contributed by atoms with Crippen molar-refractivity contribution in [2.24, 2.45) is 5.10 Å². The lowest BCUT2D eigenvalue weighted by molar-refractivity contribution is 0.302. The van der Waals surface area contributed by atoms with Crippen molar-refractivity contribution >= 4 is 17.1 Å². The first-order valence-electron chi connectivity index (χ1n) is 6.26. The average Bonchev–Trinajstić information content (AvgIpc) is 2.47. The van der Waals surface area contributed by atoms with E-state index in [0.717, 1.165) is 23.5 Å². The van der Waals surface area contributed by atoms with Gasteiger partial charge in [-0.15, -0.1) is 0 Å². The molecule has 1 rings (SSSR count). The lowest BCUT2D eigenvalue weighted by Crippen LogP contribution is -2.26. The first-order valence-corrected chi connectivity index (χ1v) is 6.26. The fraction of sp³-hybridized carbons (Fsp3) is 0.357. The van der Waals surface area contributed by atoms with Crippen LogP contribution in [-0.4, -0.2) is 30.5 Å². The lowest BCUT2D eigenvalue weighted by Gasteiger charge is -2.23. The van der Waals surface area contributed by atoms with E-state index in [1.165, 1.54) is 0 Å². The van der Waals surface area contributed by atoms with Gasteiger partial charge in [0, 0.05) is 18.8 Å². The van der Waals surface area contributed by atoms with E-state index in [1.807, 2.05) is 32.0 Å². The zero-order chi connectivity index (χ0) is 15.0. The fourth-order valence-corrected chi connectivity index (χ4v) is 1.75. The van der Waals surface area contributed by atoms with Crippen LogP contribution in [0, 0.1) is 29.6 Å². The van der Waals surface area contributed by atoms with Gasteiger partial charge in [0.15, 0.2) is 0 Å². The van der Waals surface area contributed by atoms with E-state index < -0.39 is 0 Å². The summed E-state index contributed by atoms with van der Waals surface area (Å²) in [7, 11) is 0. The maximum atomic E-state index is 9.02. The van der Waals surface area contributed by atoms with Crippen molar-refractivity contribution in [3.63, 3.8) is 0 Å². The number of nitriles is 2. The third-order valence-electron chi connectivity index (χ3n) is 2.83. The number of nitrogens with one attached hydrogen (secondary N) is 1. The zero-order valence-corrected chi connectivity index (χ0v) is 11.6. The molecule has 0 atom stereocenters. The molecule has 0 unspecified atom stereocenters. The minimum Gasteiger partial charge on any atom is -0.395 e. The normalized spacial score (nSPS) is 9.25. The molecule has 0 aliphatic rings. The predicted octanol–water partition coefficient (Wildman–Crippen LogP) is 1.63. The van der Waals surface area contributed by atoms with E-state index in [2.05, 4.69) is 15.4 Å². The molecule has 0 bridgehead atoms. The average molecular weight is 271 g/mol. The minimum atomic E-state index is -0.219. The number of hydrogen-bond acceptors (Lipinski definition) is 6. The van der Waals surface area contributed by atoms with Gasteiger partial charge in [0.2, 0.25) is 5.71 Å². The van der Waals surface area contributed by atoms with Crippen LogP contribution in [0.3, 0.4) is 0 Å². The minimum absolute atomic E-state index is 0.102. The van der Waals surface area contributed by atoms with Gasteiger partial charge in [-0.1, -0.05) is 0 Å². The molecular formula is C14H17N5O. The summed E-state index contributed by atoms with van der Waals surface area (Å²) in [4.78, 5) is 2.05. The summed E-state index contributed by atoms with van der Waals surface area (Å²) in [5.74, 6) is 0. The van der Waals surface area contributed by atoms with Crippen LogP contribution in [0.2, 0.25) is 0 Å². The molecule has 0 saturated heterocycles. The highest BCUT2D eigenvalue weighted by Gasteiger charge is 2.06. The van der Waals surface area contributed by atoms with Crippen LogP contribution in [0.5, 0.6) is 0 Å². The van der Waals surface area contributed by atoms with Gasteiger partial charge < -0.3 is 10.0 Å². The largest absolute Gasteiger partial charge is 0.395 e. The number of anilines is 2. The summed E-state index contributed by atoms with van der Waals surface area (Å²) < 4.78 is 0. The van der Waals surface area contributed by atoms with E-state index >= 15 is 0 Å². The van der Waals surface area contributed by atoms with Crippen molar-refractivity contribution in [1.82, 2.24) is 0 Å². The molecule has 0 aliphatic heterocycles. The Morgan fingerprint density at radius 1 is 1.40 bits per heavy atom. The Morgan fingerprint density at radius 2 is 2.10 bits per heavy atom. The number of aliphatic hydroxyl groups excluding tert-OH is 1. The van der Waals surface area contributed by atoms with Crippen molar-refractivity contribution in [2.45, 2.75) is 13.8 Å². The molecule has 1 aromatic carbocycles. The number of benzene rings is 1. The van der Waals surface area contributed by atoms with Gasteiger partial charge in [0.05, 0.1) is 12.3 Å². The SMILES string of the molecule is CCN(CCO)c1ccc(NN=C(C#N)C#N)c(C)c1. The van der Waals surface area contributed by atoms with Crippen molar-refractivity contribution in [1.29, 1.82) is 10.5 Å². The second kappa shape index (κ2) is 7.78. The molecule has 20 heavy (non-hydrogen) atoms. The second-order valence-corrected chi connectivity index (χ2v) is 4.10. The van der Waals surface area contributed by atoms with Crippen molar-refractivity contribution < 1.29 is 5.11 Å². The summed E-state index contributed by atoms with van der Waals surface area (Å²) in [6, 6.07) is 9.08. The maximum absolute atomic E-state index is 9.02. The van der Waals surface area contributed by atoms with Crippen LogP contribution < -0.4 is 10.3 Å². The molecule has 0 amide bonds. The summed E-state index contributed by atoms with van der Waals surface area (Å²) in [5, 5.41) is 29.9. The van der Waals surface area contributed by atoms with Gasteiger partial charge in [-0.05, 0) is 37.6 Å². The van der Waals surface area contributed by atoms with Crippen molar-refractivity contribution in [2.75, 3.05) is 30.0 Å². The molecular weight excluding hydrogens is 254 g/mol. The molecule has 0 aromatic heterocycles. The topological polar surface area (TPSA) is 95.4 Å². The van der Waals surface area contributed by atoms with Gasteiger partial charge in [-0.3, -0.25) is 5.43 Å². The standard InChI is InChI=1S/C14H17N5O/c1-3-19(6-7-20)13-4-5-14(11(2)8-13)18-17-12(9-15)10-16/h4-5,8,18,20H,3,6-7H2,1-2H3. The van der Waals surface area contributed by atoms with Crippen LogP contribution in [0.15, 0.2) is 23.3 Å². The van der Waals surface area contributed by atoms with E-state index in [-0.39, 0.29) is 12.3 Å². The van der Waals surface area contributed by atoms with Gasteiger partial charge in [0.1, 0.15) is 12.1 Å². The number of aryl methyl sites for hydroxylation is 1. The Morgan fingerprint density at radius 3 is 2.60 bits per heavy atom. The number of likely N-dealkylation sites (N-methyl/N-ethyl adjacent to an activating group) is 1. The van der Waals surface area contributed by atoms with Gasteiger partial charge in [0.25, 0.3) is 0 Å². The van der Waals surface area contributed by atoms with Crippen molar-refractivity contribution in [3.8, 4) is 12.1 Å². The van der Waals surface area contributed by atoms with Gasteiger partial charge in [-0.2, -0.15) is 15.6 Å². The summed E-state index contributed by atoms with van der Waals surface area (Å²) in [5.41, 5.74) is 5.17. The molecule has 0 heterocycles. The second-order valence-electron chi connectivity index (χ2n) is 4.10. The van der Waals surface area contributed by atoms with E-state index in [9.17, 15) is 0 Å². The molecule has 6 nitrogen and oxygen atoms in total. The molecule has 0 aliphatic carbocycles. The summed E-state index contributed by atoms with van der Waals surface area (Å²) >= 11 is 0. The molecule has 1 aromatic rings. The van der Waals surface area contributed by atoms with Crippen LogP contribution in [0.4, 0.5) is 11.4 Å². The fourth-order valence-electron chi connectivity index (χ4n) is 1.75. The third-order valence-corrected chi connectivity index (χ3v) is 2.83. The number of rotatable bonds is 6. The maximum Gasteiger partial charge on any atom is 0.237 e. The smallest absolute Gasteiger partial charge is 0.237 e. The monoisotopic (exact) mass is 271 g/mol. The summed E-state index contributed by atoms with van der Waals surface area (Å²) in [6.07, 6.45) is 0. The Kier molecular flexibility index (Phi) is 6.02. The molecule has 0 spiro atoms. The van der Waals surface area contributed by atoms with E-state index in [4.69, 9.17) is 15.6 Å². The molecule has 0 radical (unpaired) electrons. The Hall–Kier alpha value is -2.57. The highest BCUT2D eigenvalue weighted by atomic mass is 16.3. The van der Waals surface area contributed by atoms with Crippen LogP contribution in [0.1, 0.15) is 12.5 Å². The highest BCUT2D eigenvalue weighted by molar-refractivity contribution is 6.10. The zero-order valence-electron chi connectivity index (χ0n) is 11.6. The molecule has 0 fully saturated rings. The molecule has 104 valence electrons. The number of hydrogen-bond donors (Lipinski definition) is 2. The number of nitrogens with zero attached hydrogens (tertiary/aromatic N) is 4. The first kappa shape index (κ1) is 15.5. The highest BCUT2D eigenvalue weighted by Crippen LogP contribution is 2.22. The van der Waals surface area contributed by atoms with Crippen LogP contribution >= 0.6 is 0 Å².